The van der Waals surface area contributed by atoms with E-state index in [4.69, 9.17) is 5.73 Å². The van der Waals surface area contributed by atoms with Crippen molar-refractivity contribution in [2.24, 2.45) is 5.73 Å². The van der Waals surface area contributed by atoms with E-state index in [1.165, 1.54) is 18.4 Å². The van der Waals surface area contributed by atoms with Crippen LogP contribution in [0.3, 0.4) is 0 Å². The van der Waals surface area contributed by atoms with Gasteiger partial charge in [0.05, 0.1) is 6.61 Å². The van der Waals surface area contributed by atoms with Gasteiger partial charge in [0.2, 0.25) is 0 Å². The second-order valence-electron chi connectivity index (χ2n) is 5.99. The first-order valence-electron chi connectivity index (χ1n) is 7.65. The van der Waals surface area contributed by atoms with Crippen molar-refractivity contribution in [2.45, 2.75) is 56.9 Å². The van der Waals surface area contributed by atoms with Crippen LogP contribution in [-0.4, -0.2) is 17.3 Å². The first-order chi connectivity index (χ1) is 9.67. The second kappa shape index (κ2) is 6.92. The summed E-state index contributed by atoms with van der Waals surface area (Å²) in [5.74, 6) is 6.90. The highest BCUT2D eigenvalue weighted by Crippen LogP contribution is 2.39. The van der Waals surface area contributed by atoms with Crippen molar-refractivity contribution in [3.63, 3.8) is 0 Å². The van der Waals surface area contributed by atoms with Crippen molar-refractivity contribution in [1.82, 2.24) is 0 Å². The molecule has 0 amide bonds. The average molecular weight is 271 g/mol. The van der Waals surface area contributed by atoms with Crippen molar-refractivity contribution in [1.29, 1.82) is 0 Å². The molecule has 0 radical (unpaired) electrons. The summed E-state index contributed by atoms with van der Waals surface area (Å²) >= 11 is 0. The van der Waals surface area contributed by atoms with Crippen molar-refractivity contribution in [3.8, 4) is 11.8 Å². The fourth-order valence-electron chi connectivity index (χ4n) is 2.85. The first-order valence-corrected chi connectivity index (χ1v) is 7.65. The molecule has 0 aromatic heterocycles. The number of aliphatic hydroxyl groups is 1. The lowest BCUT2D eigenvalue weighted by Gasteiger charge is -2.20. The molecule has 3 N–H and O–H groups in total. The molecule has 20 heavy (non-hydrogen) atoms. The minimum Gasteiger partial charge on any atom is -0.394 e. The Kier molecular flexibility index (Phi) is 5.23. The van der Waals surface area contributed by atoms with Crippen LogP contribution in [0.5, 0.6) is 0 Å². The van der Waals surface area contributed by atoms with Crippen LogP contribution < -0.4 is 5.73 Å². The number of nitrogens with two attached hydrogens (primary N) is 1. The van der Waals surface area contributed by atoms with Gasteiger partial charge in [-0.2, -0.15) is 0 Å². The molecular weight excluding hydrogens is 246 g/mol. The van der Waals surface area contributed by atoms with E-state index in [2.05, 4.69) is 43.0 Å². The Morgan fingerprint density at radius 3 is 2.70 bits per heavy atom. The van der Waals surface area contributed by atoms with Crippen LogP contribution in [0.25, 0.3) is 0 Å². The number of aliphatic hydroxyl groups excluding tert-OH is 1. The lowest BCUT2D eigenvalue weighted by molar-refractivity contribution is 0.198. The monoisotopic (exact) mass is 271 g/mol. The molecule has 2 atom stereocenters. The molecule has 2 nitrogen and oxygen atoms in total. The van der Waals surface area contributed by atoms with Gasteiger partial charge in [-0.1, -0.05) is 37.3 Å². The number of hydrogen-bond donors (Lipinski definition) is 2. The van der Waals surface area contributed by atoms with E-state index in [1.54, 1.807) is 0 Å². The molecule has 0 saturated heterocycles. The molecule has 2 heteroatoms. The summed E-state index contributed by atoms with van der Waals surface area (Å²) in [5, 5.41) is 9.33. The second-order valence-corrected chi connectivity index (χ2v) is 5.99. The van der Waals surface area contributed by atoms with Crippen LogP contribution in [0.1, 0.15) is 62.5 Å². The number of hydrogen-bond acceptors (Lipinski definition) is 2. The van der Waals surface area contributed by atoms with E-state index in [-0.39, 0.29) is 12.1 Å². The van der Waals surface area contributed by atoms with Crippen LogP contribution >= 0.6 is 0 Å². The highest BCUT2D eigenvalue weighted by Gasteiger charge is 2.35. The third-order valence-corrected chi connectivity index (χ3v) is 4.23. The smallest absolute Gasteiger partial charge is 0.0611 e. The van der Waals surface area contributed by atoms with E-state index in [0.717, 1.165) is 31.2 Å². The van der Waals surface area contributed by atoms with Crippen molar-refractivity contribution in [2.75, 3.05) is 6.61 Å². The maximum Gasteiger partial charge on any atom is 0.0611 e. The zero-order valence-electron chi connectivity index (χ0n) is 12.4. The standard InChI is InChI=1S/C18H25NO/c1-2-3-4-5-6-15-7-9-16(10-8-15)17-11-12-18(19,13-17)14-20/h7-10,17,20H,2-4,11-14,19H2,1H3/t17-,18-/m1/s1. The van der Waals surface area contributed by atoms with Crippen LogP contribution in [0.15, 0.2) is 24.3 Å². The minimum atomic E-state index is -0.372. The van der Waals surface area contributed by atoms with E-state index >= 15 is 0 Å². The van der Waals surface area contributed by atoms with Crippen LogP contribution in [0.2, 0.25) is 0 Å². The highest BCUT2D eigenvalue weighted by atomic mass is 16.3. The van der Waals surface area contributed by atoms with Crippen molar-refractivity contribution >= 4 is 0 Å². The maximum atomic E-state index is 9.33. The molecule has 1 aromatic carbocycles. The summed E-state index contributed by atoms with van der Waals surface area (Å²) in [6.07, 6.45) is 6.21. The summed E-state index contributed by atoms with van der Waals surface area (Å²) in [6, 6.07) is 8.53. The van der Waals surface area contributed by atoms with Crippen LogP contribution in [0.4, 0.5) is 0 Å². The number of unbranched alkanes of at least 4 members (excludes halogenated alkanes) is 2. The Morgan fingerprint density at radius 2 is 2.10 bits per heavy atom. The van der Waals surface area contributed by atoms with Crippen LogP contribution in [-0.2, 0) is 0 Å². The van der Waals surface area contributed by atoms with Gasteiger partial charge in [-0.3, -0.25) is 0 Å². The quantitative estimate of drug-likeness (QED) is 0.652. The Balaban J connectivity index is 1.96. The van der Waals surface area contributed by atoms with Gasteiger partial charge in [0, 0.05) is 17.5 Å². The normalized spacial score (nSPS) is 25.2. The SMILES string of the molecule is CCCCC#Cc1ccc([C@@H]2CC[C@](N)(CO)C2)cc1. The zero-order chi connectivity index (χ0) is 14.4. The predicted octanol–water partition coefficient (Wildman–Crippen LogP) is 3.19. The van der Waals surface area contributed by atoms with Gasteiger partial charge in [-0.05, 0) is 49.3 Å². The summed E-state index contributed by atoms with van der Waals surface area (Å²) in [6.45, 7) is 2.27. The Labute approximate surface area is 122 Å². The molecule has 1 aromatic rings. The van der Waals surface area contributed by atoms with E-state index < -0.39 is 0 Å². The van der Waals surface area contributed by atoms with Gasteiger partial charge >= 0.3 is 0 Å². The van der Waals surface area contributed by atoms with E-state index in [0.29, 0.717) is 5.92 Å². The molecular formula is C18H25NO. The minimum absolute atomic E-state index is 0.0878. The van der Waals surface area contributed by atoms with Crippen LogP contribution in [0, 0.1) is 11.8 Å². The Hall–Kier alpha value is -1.30. The van der Waals surface area contributed by atoms with E-state index in [1.807, 2.05) is 0 Å². The van der Waals surface area contributed by atoms with Gasteiger partial charge in [-0.15, -0.1) is 0 Å². The molecule has 0 bridgehead atoms. The first kappa shape index (κ1) is 15.1. The molecule has 0 unspecified atom stereocenters. The average Bonchev–Trinajstić information content (AvgIpc) is 2.88. The zero-order valence-corrected chi connectivity index (χ0v) is 12.4. The Bertz CT molecular complexity index is 482. The summed E-state index contributed by atoms with van der Waals surface area (Å²) in [4.78, 5) is 0. The molecule has 1 aliphatic carbocycles. The fraction of sp³-hybridized carbons (Fsp3) is 0.556. The highest BCUT2D eigenvalue weighted by molar-refractivity contribution is 5.37. The summed E-state index contributed by atoms with van der Waals surface area (Å²) < 4.78 is 0. The molecule has 0 aliphatic heterocycles. The number of rotatable bonds is 4. The summed E-state index contributed by atoms with van der Waals surface area (Å²) in [7, 11) is 0. The van der Waals surface area contributed by atoms with E-state index in [9.17, 15) is 5.11 Å². The topological polar surface area (TPSA) is 46.2 Å². The molecule has 1 saturated carbocycles. The molecule has 1 aliphatic rings. The molecule has 1 fully saturated rings. The lowest BCUT2D eigenvalue weighted by Crippen LogP contribution is -2.40. The third kappa shape index (κ3) is 3.85. The fourth-order valence-corrected chi connectivity index (χ4v) is 2.85. The van der Waals surface area contributed by atoms with Gasteiger partial charge in [0.1, 0.15) is 0 Å². The molecule has 108 valence electrons. The third-order valence-electron chi connectivity index (χ3n) is 4.23. The van der Waals surface area contributed by atoms with Gasteiger partial charge in [-0.25, -0.2) is 0 Å². The number of benzene rings is 1. The largest absolute Gasteiger partial charge is 0.394 e. The van der Waals surface area contributed by atoms with Gasteiger partial charge in [0.15, 0.2) is 0 Å². The summed E-state index contributed by atoms with van der Waals surface area (Å²) in [5.41, 5.74) is 8.18. The van der Waals surface area contributed by atoms with Gasteiger partial charge < -0.3 is 10.8 Å². The maximum absolute atomic E-state index is 9.33. The molecule has 0 heterocycles. The molecule has 0 spiro atoms. The molecule has 2 rings (SSSR count). The van der Waals surface area contributed by atoms with Crippen molar-refractivity contribution in [3.05, 3.63) is 35.4 Å². The predicted molar refractivity (Wildman–Crippen MR) is 83.4 cm³/mol. The van der Waals surface area contributed by atoms with Crippen molar-refractivity contribution < 1.29 is 5.11 Å². The van der Waals surface area contributed by atoms with Gasteiger partial charge in [0.25, 0.3) is 0 Å². The lowest BCUT2D eigenvalue weighted by atomic mass is 9.93. The Morgan fingerprint density at radius 1 is 1.35 bits per heavy atom.